The molecule has 2 amide bonds. The summed E-state index contributed by atoms with van der Waals surface area (Å²) in [5, 5.41) is 2.88. The first-order valence-electron chi connectivity index (χ1n) is 11.1. The van der Waals surface area contributed by atoms with Crippen LogP contribution < -0.4 is 5.32 Å². The van der Waals surface area contributed by atoms with Crippen LogP contribution >= 0.6 is 0 Å². The quantitative estimate of drug-likeness (QED) is 0.572. The highest BCUT2D eigenvalue weighted by Crippen LogP contribution is 2.36. The third-order valence-corrected chi connectivity index (χ3v) is 8.05. The first-order valence-corrected chi connectivity index (χ1v) is 12.6. The molecule has 2 aliphatic rings. The van der Waals surface area contributed by atoms with Crippen molar-refractivity contribution >= 4 is 27.8 Å². The molecule has 1 aliphatic carbocycles. The molecule has 1 atom stereocenters. The fraction of sp³-hybridized carbons (Fsp3) is 0.375. The van der Waals surface area contributed by atoms with Gasteiger partial charge in [-0.2, -0.15) is 0 Å². The second kappa shape index (κ2) is 9.92. The molecule has 4 rings (SSSR count). The van der Waals surface area contributed by atoms with E-state index in [-0.39, 0.29) is 41.2 Å². The van der Waals surface area contributed by atoms with E-state index in [0.717, 1.165) is 31.2 Å². The maximum atomic E-state index is 13.3. The minimum atomic E-state index is -4.01. The second-order valence-electron chi connectivity index (χ2n) is 8.43. The Hall–Kier alpha value is -3.27. The smallest absolute Gasteiger partial charge is 0.308 e. The summed E-state index contributed by atoms with van der Waals surface area (Å²) in [6.07, 6.45) is 3.59. The van der Waals surface area contributed by atoms with Gasteiger partial charge in [0.25, 0.3) is 21.8 Å². The largest absolute Gasteiger partial charge is 0.456 e. The van der Waals surface area contributed by atoms with Crippen LogP contribution in [0.5, 0.6) is 0 Å². The molecule has 1 unspecified atom stereocenters. The lowest BCUT2D eigenvalue weighted by atomic mass is 9.91. The molecule has 10 heteroatoms. The Morgan fingerprint density at radius 1 is 1.09 bits per heavy atom. The van der Waals surface area contributed by atoms with Gasteiger partial charge in [0.2, 0.25) is 0 Å². The number of fused-ring (bicyclic) bond motifs is 1. The van der Waals surface area contributed by atoms with Crippen molar-refractivity contribution in [1.29, 1.82) is 0 Å². The second-order valence-corrected chi connectivity index (χ2v) is 10.3. The van der Waals surface area contributed by atoms with Crippen molar-refractivity contribution in [2.24, 2.45) is 5.92 Å². The molecule has 0 aromatic heterocycles. The summed E-state index contributed by atoms with van der Waals surface area (Å²) >= 11 is 0. The average Bonchev–Trinajstić information content (AvgIpc) is 3.42. The lowest BCUT2D eigenvalue weighted by molar-refractivity contribution is -0.148. The zero-order valence-electron chi connectivity index (χ0n) is 18.4. The molecule has 1 aliphatic heterocycles. The molecule has 8 nitrogen and oxygen atoms in total. The van der Waals surface area contributed by atoms with Gasteiger partial charge in [-0.15, -0.1) is 0 Å². The van der Waals surface area contributed by atoms with Crippen LogP contribution in [-0.2, 0) is 24.3 Å². The van der Waals surface area contributed by atoms with E-state index in [9.17, 15) is 27.2 Å². The predicted octanol–water partition coefficient (Wildman–Crippen LogP) is 2.95. The van der Waals surface area contributed by atoms with Crippen LogP contribution in [0.4, 0.5) is 4.39 Å². The van der Waals surface area contributed by atoms with Crippen LogP contribution in [0.2, 0.25) is 0 Å². The number of hydrogen-bond donors (Lipinski definition) is 1. The van der Waals surface area contributed by atoms with Gasteiger partial charge in [0.05, 0.1) is 18.0 Å². The molecule has 180 valence electrons. The lowest BCUT2D eigenvalue weighted by Gasteiger charge is -2.25. The van der Waals surface area contributed by atoms with E-state index < -0.39 is 34.4 Å². The highest BCUT2D eigenvalue weighted by atomic mass is 32.2. The third kappa shape index (κ3) is 4.96. The van der Waals surface area contributed by atoms with E-state index in [2.05, 4.69) is 5.32 Å². The van der Waals surface area contributed by atoms with E-state index in [1.807, 2.05) is 0 Å². The summed E-state index contributed by atoms with van der Waals surface area (Å²) in [7, 11) is -4.01. The van der Waals surface area contributed by atoms with E-state index >= 15 is 0 Å². The van der Waals surface area contributed by atoms with Gasteiger partial charge in [-0.25, -0.2) is 17.1 Å². The molecule has 2 aromatic rings. The Bertz CT molecular complexity index is 1190. The number of amides is 2. The van der Waals surface area contributed by atoms with E-state index in [0.29, 0.717) is 4.31 Å². The maximum absolute atomic E-state index is 13.3. The van der Waals surface area contributed by atoms with Gasteiger partial charge in [0.15, 0.2) is 6.61 Å². The Morgan fingerprint density at radius 2 is 1.76 bits per heavy atom. The number of rotatable bonds is 8. The molecule has 1 fully saturated rings. The number of hydrogen-bond acceptors (Lipinski definition) is 6. The zero-order valence-corrected chi connectivity index (χ0v) is 19.2. The van der Waals surface area contributed by atoms with Crippen molar-refractivity contribution in [2.75, 3.05) is 13.2 Å². The zero-order chi connectivity index (χ0) is 24.3. The Morgan fingerprint density at radius 3 is 2.44 bits per heavy atom. The van der Waals surface area contributed by atoms with Gasteiger partial charge in [0, 0.05) is 6.54 Å². The third-order valence-electron chi connectivity index (χ3n) is 6.21. The normalized spacial score (nSPS) is 17.9. The van der Waals surface area contributed by atoms with Crippen LogP contribution in [0.25, 0.3) is 0 Å². The SMILES string of the molecule is O=C(COC(=O)CCN1C(=O)c2ccccc2S1(=O)=O)NC(c1ccc(F)cc1)C1CCCC1. The molecule has 1 N–H and O–H groups in total. The first kappa shape index (κ1) is 23.9. The van der Waals surface area contributed by atoms with Crippen molar-refractivity contribution in [3.8, 4) is 0 Å². The number of nitrogens with one attached hydrogen (secondary N) is 1. The van der Waals surface area contributed by atoms with Gasteiger partial charge in [-0.05, 0) is 48.6 Å². The number of carbonyl (C=O) groups excluding carboxylic acids is 3. The summed E-state index contributed by atoms with van der Waals surface area (Å²) in [6.45, 7) is -0.916. The molecule has 2 aromatic carbocycles. The molecule has 0 spiro atoms. The highest BCUT2D eigenvalue weighted by Gasteiger charge is 2.40. The van der Waals surface area contributed by atoms with Gasteiger partial charge in [-0.1, -0.05) is 37.1 Å². The minimum Gasteiger partial charge on any atom is -0.456 e. The van der Waals surface area contributed by atoms with E-state index in [1.165, 1.54) is 30.3 Å². The summed E-state index contributed by atoms with van der Waals surface area (Å²) in [5.74, 6) is -2.16. The fourth-order valence-electron chi connectivity index (χ4n) is 4.51. The number of benzene rings is 2. The summed E-state index contributed by atoms with van der Waals surface area (Å²) in [4.78, 5) is 37.0. The average molecular weight is 489 g/mol. The lowest BCUT2D eigenvalue weighted by Crippen LogP contribution is -2.36. The maximum Gasteiger partial charge on any atom is 0.308 e. The molecule has 0 bridgehead atoms. The van der Waals surface area contributed by atoms with Gasteiger partial charge in [0.1, 0.15) is 10.7 Å². The monoisotopic (exact) mass is 488 g/mol. The Kier molecular flexibility index (Phi) is 6.97. The molecular formula is C24H25FN2O6S. The van der Waals surface area contributed by atoms with E-state index in [4.69, 9.17) is 4.74 Å². The molecule has 0 radical (unpaired) electrons. The van der Waals surface area contributed by atoms with Gasteiger partial charge < -0.3 is 10.1 Å². The standard InChI is InChI=1S/C24H25FN2O6S/c25-18-11-9-17(10-12-18)23(16-5-1-2-6-16)26-21(28)15-33-22(29)13-14-27-24(30)19-7-3-4-8-20(19)34(27,31)32/h3-4,7-12,16,23H,1-2,5-6,13-15H2,(H,26,28). The molecule has 0 saturated heterocycles. The predicted molar refractivity (Wildman–Crippen MR) is 119 cm³/mol. The number of esters is 1. The first-order chi connectivity index (χ1) is 16.3. The topological polar surface area (TPSA) is 110 Å². The number of nitrogens with zero attached hydrogens (tertiary/aromatic N) is 1. The van der Waals surface area contributed by atoms with Crippen molar-refractivity contribution in [3.05, 3.63) is 65.5 Å². The molecule has 1 heterocycles. The van der Waals surface area contributed by atoms with Gasteiger partial charge >= 0.3 is 5.97 Å². The van der Waals surface area contributed by atoms with Crippen molar-refractivity contribution in [3.63, 3.8) is 0 Å². The Labute approximate surface area is 197 Å². The fourth-order valence-corrected chi connectivity index (χ4v) is 6.08. The Balaban J connectivity index is 1.31. The molecule has 1 saturated carbocycles. The minimum absolute atomic E-state index is 0.0639. The highest BCUT2D eigenvalue weighted by molar-refractivity contribution is 7.90. The van der Waals surface area contributed by atoms with Crippen molar-refractivity contribution in [2.45, 2.75) is 43.0 Å². The van der Waals surface area contributed by atoms with Crippen LogP contribution in [0, 0.1) is 11.7 Å². The number of ether oxygens (including phenoxy) is 1. The summed E-state index contributed by atoms with van der Waals surface area (Å²) in [5.41, 5.74) is 0.847. The van der Waals surface area contributed by atoms with E-state index in [1.54, 1.807) is 18.2 Å². The van der Waals surface area contributed by atoms with Crippen molar-refractivity contribution < 1.29 is 31.9 Å². The number of sulfonamides is 1. The van der Waals surface area contributed by atoms with Crippen molar-refractivity contribution in [1.82, 2.24) is 9.62 Å². The van der Waals surface area contributed by atoms with Gasteiger partial charge in [-0.3, -0.25) is 14.4 Å². The van der Waals surface area contributed by atoms with Crippen LogP contribution in [0.3, 0.4) is 0 Å². The summed E-state index contributed by atoms with van der Waals surface area (Å²) < 4.78 is 44.1. The number of carbonyl (C=O) groups is 3. The molecular weight excluding hydrogens is 463 g/mol. The van der Waals surface area contributed by atoms with Crippen LogP contribution in [0.1, 0.15) is 54.1 Å². The summed E-state index contributed by atoms with van der Waals surface area (Å²) in [6, 6.07) is 11.5. The van der Waals surface area contributed by atoms with Crippen LogP contribution in [-0.4, -0.2) is 43.7 Å². The number of halogens is 1. The molecule has 34 heavy (non-hydrogen) atoms. The van der Waals surface area contributed by atoms with Crippen LogP contribution in [0.15, 0.2) is 53.4 Å².